The molecule has 0 fully saturated rings. The van der Waals surface area contributed by atoms with Crippen LogP contribution in [0, 0.1) is 0 Å². The number of ketones is 1. The standard InChI is InChI=1S/C12H13F3O/c1-2-9(8-11(16)12(13,14)15)10-6-4-3-5-7-10/h3-7,9H,2,8H2,1H3. The molecule has 0 N–H and O–H groups in total. The molecule has 1 aromatic carbocycles. The molecule has 1 rings (SSSR count). The topological polar surface area (TPSA) is 17.1 Å². The Morgan fingerprint density at radius 2 is 1.81 bits per heavy atom. The predicted octanol–water partition coefficient (Wildman–Crippen LogP) is 3.70. The van der Waals surface area contributed by atoms with E-state index in [1.54, 1.807) is 37.3 Å². The first kappa shape index (κ1) is 12.7. The van der Waals surface area contributed by atoms with Crippen molar-refractivity contribution in [2.45, 2.75) is 31.9 Å². The molecule has 0 radical (unpaired) electrons. The van der Waals surface area contributed by atoms with E-state index in [0.717, 1.165) is 5.56 Å². The van der Waals surface area contributed by atoms with E-state index in [2.05, 4.69) is 0 Å². The van der Waals surface area contributed by atoms with Crippen LogP contribution in [-0.4, -0.2) is 12.0 Å². The van der Waals surface area contributed by atoms with Crippen LogP contribution in [0.5, 0.6) is 0 Å². The maximum Gasteiger partial charge on any atom is 0.449 e. The zero-order valence-corrected chi connectivity index (χ0v) is 8.92. The number of rotatable bonds is 4. The normalized spacial score (nSPS) is 13.5. The molecular formula is C12H13F3O. The average Bonchev–Trinajstić information content (AvgIpc) is 2.25. The third kappa shape index (κ3) is 3.36. The maximum atomic E-state index is 12.1. The van der Waals surface area contributed by atoms with Crippen molar-refractivity contribution in [1.82, 2.24) is 0 Å². The van der Waals surface area contributed by atoms with Crippen molar-refractivity contribution in [3.8, 4) is 0 Å². The van der Waals surface area contributed by atoms with Crippen molar-refractivity contribution in [2.24, 2.45) is 0 Å². The molecule has 88 valence electrons. The first-order valence-electron chi connectivity index (χ1n) is 5.10. The van der Waals surface area contributed by atoms with E-state index in [4.69, 9.17) is 0 Å². The van der Waals surface area contributed by atoms with Gasteiger partial charge in [-0.1, -0.05) is 37.3 Å². The summed E-state index contributed by atoms with van der Waals surface area (Å²) in [6.45, 7) is 1.78. The van der Waals surface area contributed by atoms with Gasteiger partial charge in [-0.05, 0) is 17.9 Å². The molecule has 4 heteroatoms. The molecule has 0 spiro atoms. The predicted molar refractivity (Wildman–Crippen MR) is 55.2 cm³/mol. The Morgan fingerprint density at radius 1 is 1.25 bits per heavy atom. The molecule has 1 nitrogen and oxygen atoms in total. The molecule has 0 aliphatic rings. The van der Waals surface area contributed by atoms with E-state index in [0.29, 0.717) is 6.42 Å². The first-order chi connectivity index (χ1) is 7.45. The van der Waals surface area contributed by atoms with Gasteiger partial charge in [0.15, 0.2) is 0 Å². The molecule has 0 saturated heterocycles. The van der Waals surface area contributed by atoms with Crippen molar-refractivity contribution in [3.05, 3.63) is 35.9 Å². The van der Waals surface area contributed by atoms with Gasteiger partial charge in [-0.3, -0.25) is 4.79 Å². The summed E-state index contributed by atoms with van der Waals surface area (Å²) < 4.78 is 36.3. The van der Waals surface area contributed by atoms with Gasteiger partial charge in [0.25, 0.3) is 0 Å². The molecule has 1 atom stereocenters. The summed E-state index contributed by atoms with van der Waals surface area (Å²) in [7, 11) is 0. The molecule has 0 heterocycles. The van der Waals surface area contributed by atoms with Gasteiger partial charge in [-0.2, -0.15) is 13.2 Å². The number of hydrogen-bond donors (Lipinski definition) is 0. The quantitative estimate of drug-likeness (QED) is 0.770. The molecule has 1 aromatic rings. The lowest BCUT2D eigenvalue weighted by Gasteiger charge is -2.15. The number of alkyl halides is 3. The van der Waals surface area contributed by atoms with Crippen molar-refractivity contribution >= 4 is 5.78 Å². The highest BCUT2D eigenvalue weighted by Crippen LogP contribution is 2.28. The zero-order chi connectivity index (χ0) is 12.2. The number of carbonyl (C=O) groups is 1. The summed E-state index contributed by atoms with van der Waals surface area (Å²) in [6.07, 6.45) is -4.67. The van der Waals surface area contributed by atoms with Crippen LogP contribution in [0.2, 0.25) is 0 Å². The average molecular weight is 230 g/mol. The molecule has 0 amide bonds. The van der Waals surface area contributed by atoms with Gasteiger partial charge in [0, 0.05) is 6.42 Å². The van der Waals surface area contributed by atoms with Crippen LogP contribution in [0.3, 0.4) is 0 Å². The highest BCUT2D eigenvalue weighted by Gasteiger charge is 2.38. The lowest BCUT2D eigenvalue weighted by Crippen LogP contribution is -2.24. The monoisotopic (exact) mass is 230 g/mol. The van der Waals surface area contributed by atoms with E-state index >= 15 is 0 Å². The number of halogens is 3. The zero-order valence-electron chi connectivity index (χ0n) is 8.92. The Hall–Kier alpha value is -1.32. The van der Waals surface area contributed by atoms with Crippen molar-refractivity contribution in [2.75, 3.05) is 0 Å². The van der Waals surface area contributed by atoms with Crippen molar-refractivity contribution < 1.29 is 18.0 Å². The fourth-order valence-electron chi connectivity index (χ4n) is 1.56. The lowest BCUT2D eigenvalue weighted by molar-refractivity contribution is -0.171. The summed E-state index contributed by atoms with van der Waals surface area (Å²) in [5.41, 5.74) is 0.780. The third-order valence-corrected chi connectivity index (χ3v) is 2.51. The second-order valence-corrected chi connectivity index (χ2v) is 3.64. The van der Waals surface area contributed by atoms with Gasteiger partial charge in [0.2, 0.25) is 5.78 Å². The molecule has 0 bridgehead atoms. The molecule has 0 saturated carbocycles. The van der Waals surface area contributed by atoms with Crippen molar-refractivity contribution in [1.29, 1.82) is 0 Å². The smallest absolute Gasteiger partial charge is 0.290 e. The summed E-state index contributed by atoms with van der Waals surface area (Å²) in [5, 5.41) is 0. The van der Waals surface area contributed by atoms with Crippen LogP contribution < -0.4 is 0 Å². The van der Waals surface area contributed by atoms with Crippen LogP contribution >= 0.6 is 0 Å². The second kappa shape index (κ2) is 5.14. The van der Waals surface area contributed by atoms with E-state index in [1.165, 1.54) is 0 Å². The molecule has 1 unspecified atom stereocenters. The van der Waals surface area contributed by atoms with E-state index < -0.39 is 18.4 Å². The molecule has 0 aliphatic carbocycles. The summed E-state index contributed by atoms with van der Waals surface area (Å²) in [5.74, 6) is -2.00. The molecule has 0 aliphatic heterocycles. The van der Waals surface area contributed by atoms with Gasteiger partial charge in [0.05, 0.1) is 0 Å². The Labute approximate surface area is 92.3 Å². The van der Waals surface area contributed by atoms with Crippen LogP contribution in [0.15, 0.2) is 30.3 Å². The first-order valence-corrected chi connectivity index (χ1v) is 5.10. The Kier molecular flexibility index (Phi) is 4.10. The van der Waals surface area contributed by atoms with Gasteiger partial charge >= 0.3 is 6.18 Å². The Morgan fingerprint density at radius 3 is 2.25 bits per heavy atom. The molecular weight excluding hydrogens is 217 g/mol. The van der Waals surface area contributed by atoms with Crippen LogP contribution in [0.4, 0.5) is 13.2 Å². The minimum atomic E-state index is -4.72. The maximum absolute atomic E-state index is 12.1. The van der Waals surface area contributed by atoms with Gasteiger partial charge in [-0.15, -0.1) is 0 Å². The number of Topliss-reactive ketones (excluding diaryl/α,β-unsaturated/α-hetero) is 1. The minimum Gasteiger partial charge on any atom is -0.290 e. The van der Waals surface area contributed by atoms with Crippen LogP contribution in [-0.2, 0) is 4.79 Å². The number of benzene rings is 1. The summed E-state index contributed by atoms with van der Waals surface area (Å²) in [6, 6.07) is 8.81. The van der Waals surface area contributed by atoms with Crippen molar-refractivity contribution in [3.63, 3.8) is 0 Å². The van der Waals surface area contributed by atoms with E-state index in [9.17, 15) is 18.0 Å². The highest BCUT2D eigenvalue weighted by atomic mass is 19.4. The third-order valence-electron chi connectivity index (χ3n) is 2.51. The molecule has 16 heavy (non-hydrogen) atoms. The fourth-order valence-corrected chi connectivity index (χ4v) is 1.56. The van der Waals surface area contributed by atoms with Gasteiger partial charge in [0.1, 0.15) is 0 Å². The Balaban J connectivity index is 2.75. The number of carbonyl (C=O) groups excluding carboxylic acids is 1. The lowest BCUT2D eigenvalue weighted by atomic mass is 9.91. The summed E-state index contributed by atoms with van der Waals surface area (Å²) >= 11 is 0. The minimum absolute atomic E-state index is 0.352. The van der Waals surface area contributed by atoms with Crippen LogP contribution in [0.25, 0.3) is 0 Å². The van der Waals surface area contributed by atoms with E-state index in [-0.39, 0.29) is 5.92 Å². The largest absolute Gasteiger partial charge is 0.449 e. The highest BCUT2D eigenvalue weighted by molar-refractivity contribution is 5.84. The van der Waals surface area contributed by atoms with Gasteiger partial charge < -0.3 is 0 Å². The number of hydrogen-bond acceptors (Lipinski definition) is 1. The second-order valence-electron chi connectivity index (χ2n) is 3.64. The van der Waals surface area contributed by atoms with Gasteiger partial charge in [-0.25, -0.2) is 0 Å². The fraction of sp³-hybridized carbons (Fsp3) is 0.417. The molecule has 0 aromatic heterocycles. The van der Waals surface area contributed by atoms with Crippen LogP contribution in [0.1, 0.15) is 31.2 Å². The Bertz CT molecular complexity index is 343. The summed E-state index contributed by atoms with van der Waals surface area (Å²) in [4.78, 5) is 10.9. The SMILES string of the molecule is CCC(CC(=O)C(F)(F)F)c1ccccc1. The van der Waals surface area contributed by atoms with E-state index in [1.807, 2.05) is 0 Å².